The predicted octanol–water partition coefficient (Wildman–Crippen LogP) is 2.09. The number of aryl methyl sites for hydroxylation is 2. The van der Waals surface area contributed by atoms with Gasteiger partial charge in [0.05, 0.1) is 0 Å². The van der Waals surface area contributed by atoms with Gasteiger partial charge in [0.25, 0.3) is 0 Å². The highest BCUT2D eigenvalue weighted by atomic mass is 32.2. The van der Waals surface area contributed by atoms with E-state index in [0.29, 0.717) is 0 Å². The van der Waals surface area contributed by atoms with Crippen molar-refractivity contribution in [2.45, 2.75) is 25.2 Å². The van der Waals surface area contributed by atoms with E-state index in [-0.39, 0.29) is 34.9 Å². The number of halogens is 2. The van der Waals surface area contributed by atoms with Crippen molar-refractivity contribution in [3.63, 3.8) is 0 Å². The van der Waals surface area contributed by atoms with Crippen LogP contribution in [0.3, 0.4) is 0 Å². The summed E-state index contributed by atoms with van der Waals surface area (Å²) in [7, 11) is -3.77. The summed E-state index contributed by atoms with van der Waals surface area (Å²) in [5.74, 6) is -1.19. The number of aromatic nitrogens is 1. The first-order valence-corrected chi connectivity index (χ1v) is 7.66. The topological polar surface area (TPSA) is 72.2 Å². The fourth-order valence-electron chi connectivity index (χ4n) is 1.97. The smallest absolute Gasteiger partial charge is 0.245 e. The van der Waals surface area contributed by atoms with Crippen LogP contribution in [0.25, 0.3) is 0 Å². The maximum Gasteiger partial charge on any atom is 0.245 e. The lowest BCUT2D eigenvalue weighted by molar-refractivity contribution is 0.390. The van der Waals surface area contributed by atoms with E-state index in [2.05, 4.69) is 9.88 Å². The quantitative estimate of drug-likeness (QED) is 0.917. The van der Waals surface area contributed by atoms with Crippen LogP contribution in [0.5, 0.6) is 0 Å². The summed E-state index contributed by atoms with van der Waals surface area (Å²) in [5.41, 5.74) is 0.492. The Morgan fingerprint density at radius 3 is 2.57 bits per heavy atom. The molecule has 0 atom stereocenters. The Labute approximate surface area is 121 Å². The van der Waals surface area contributed by atoms with Gasteiger partial charge in [-0.1, -0.05) is 11.2 Å². The van der Waals surface area contributed by atoms with Gasteiger partial charge in [-0.3, -0.25) is 0 Å². The number of hydrogen-bond acceptors (Lipinski definition) is 4. The van der Waals surface area contributed by atoms with Crippen molar-refractivity contribution in [3.05, 3.63) is 46.9 Å². The molecule has 0 saturated heterocycles. The van der Waals surface area contributed by atoms with Crippen LogP contribution in [0.15, 0.2) is 27.6 Å². The van der Waals surface area contributed by atoms with E-state index in [9.17, 15) is 17.2 Å². The van der Waals surface area contributed by atoms with E-state index in [1.54, 1.807) is 0 Å². The summed E-state index contributed by atoms with van der Waals surface area (Å²) in [6.07, 6.45) is 0.106. The van der Waals surface area contributed by atoms with Gasteiger partial charge < -0.3 is 4.52 Å². The summed E-state index contributed by atoms with van der Waals surface area (Å²) in [6, 6.07) is 3.17. The van der Waals surface area contributed by atoms with Crippen molar-refractivity contribution in [3.8, 4) is 0 Å². The van der Waals surface area contributed by atoms with Gasteiger partial charge in [-0.15, -0.1) is 0 Å². The summed E-state index contributed by atoms with van der Waals surface area (Å²) >= 11 is 0. The molecular formula is C13H14F2N2O3S. The van der Waals surface area contributed by atoms with Crippen LogP contribution in [0, 0.1) is 25.5 Å². The van der Waals surface area contributed by atoms with Gasteiger partial charge in [-0.25, -0.2) is 21.9 Å². The van der Waals surface area contributed by atoms with E-state index in [0.717, 1.165) is 12.1 Å². The van der Waals surface area contributed by atoms with Crippen molar-refractivity contribution in [2.24, 2.45) is 0 Å². The zero-order valence-electron chi connectivity index (χ0n) is 11.5. The Balaban J connectivity index is 2.06. The molecule has 5 nitrogen and oxygen atoms in total. The van der Waals surface area contributed by atoms with E-state index in [4.69, 9.17) is 4.52 Å². The van der Waals surface area contributed by atoms with Gasteiger partial charge in [0, 0.05) is 12.6 Å². The minimum atomic E-state index is -3.77. The van der Waals surface area contributed by atoms with Crippen LogP contribution in [0.1, 0.15) is 17.0 Å². The second-order valence-electron chi connectivity index (χ2n) is 4.54. The summed E-state index contributed by atoms with van der Waals surface area (Å²) in [6.45, 7) is 2.99. The molecular weight excluding hydrogens is 302 g/mol. The van der Waals surface area contributed by atoms with E-state index in [1.807, 2.05) is 0 Å². The third-order valence-corrected chi connectivity index (χ3v) is 4.64. The minimum Gasteiger partial charge on any atom is -0.360 e. The van der Waals surface area contributed by atoms with E-state index < -0.39 is 21.7 Å². The number of sulfonamides is 1. The lowest BCUT2D eigenvalue weighted by Gasteiger charge is -2.07. The summed E-state index contributed by atoms with van der Waals surface area (Å²) in [4.78, 5) is -0.0120. The third kappa shape index (κ3) is 3.45. The molecule has 0 amide bonds. The molecule has 114 valence electrons. The number of hydrogen-bond donors (Lipinski definition) is 1. The number of nitrogens with zero attached hydrogens (tertiary/aromatic N) is 1. The molecule has 0 bridgehead atoms. The average Bonchev–Trinajstić information content (AvgIpc) is 2.72. The molecule has 0 spiro atoms. The van der Waals surface area contributed by atoms with Crippen LogP contribution in [-0.2, 0) is 16.4 Å². The first kappa shape index (κ1) is 15.6. The standard InChI is InChI=1S/C13H14F2N2O3S/c1-8-13(9(2)20-17-8)21(18,19)16-6-5-10-3-4-11(14)7-12(10)15/h3-4,7,16H,5-6H2,1-2H3. The number of nitrogens with one attached hydrogen (secondary N) is 1. The van der Waals surface area contributed by atoms with Gasteiger partial charge in [0.15, 0.2) is 5.76 Å². The fourth-order valence-corrected chi connectivity index (χ4v) is 3.33. The molecule has 0 aliphatic heterocycles. The molecule has 0 aliphatic rings. The monoisotopic (exact) mass is 316 g/mol. The molecule has 1 N–H and O–H groups in total. The van der Waals surface area contributed by atoms with Crippen molar-refractivity contribution in [1.82, 2.24) is 9.88 Å². The fraction of sp³-hybridized carbons (Fsp3) is 0.308. The van der Waals surface area contributed by atoms with E-state index in [1.165, 1.54) is 19.9 Å². The first-order chi connectivity index (χ1) is 9.81. The highest BCUT2D eigenvalue weighted by Gasteiger charge is 2.23. The summed E-state index contributed by atoms with van der Waals surface area (Å²) in [5, 5.41) is 3.58. The third-order valence-electron chi connectivity index (χ3n) is 2.94. The van der Waals surface area contributed by atoms with Crippen molar-refractivity contribution < 1.29 is 21.7 Å². The Kier molecular flexibility index (Phi) is 4.38. The number of rotatable bonds is 5. The molecule has 0 unspecified atom stereocenters. The van der Waals surface area contributed by atoms with E-state index >= 15 is 0 Å². The molecule has 21 heavy (non-hydrogen) atoms. The van der Waals surface area contributed by atoms with Crippen LogP contribution in [0.4, 0.5) is 8.78 Å². The second kappa shape index (κ2) is 5.90. The largest absolute Gasteiger partial charge is 0.360 e. The van der Waals surface area contributed by atoms with Gasteiger partial charge in [0.2, 0.25) is 10.0 Å². The Bertz CT molecular complexity index is 737. The summed E-state index contributed by atoms with van der Waals surface area (Å²) < 4.78 is 57.5. The Morgan fingerprint density at radius 2 is 2.00 bits per heavy atom. The molecule has 2 aromatic rings. The van der Waals surface area contributed by atoms with Gasteiger partial charge >= 0.3 is 0 Å². The maximum atomic E-state index is 13.4. The Hall–Kier alpha value is -1.80. The highest BCUT2D eigenvalue weighted by Crippen LogP contribution is 2.18. The van der Waals surface area contributed by atoms with Crippen LogP contribution < -0.4 is 4.72 Å². The lowest BCUT2D eigenvalue weighted by atomic mass is 10.1. The molecule has 1 heterocycles. The van der Waals surface area contributed by atoms with Crippen molar-refractivity contribution in [2.75, 3.05) is 6.54 Å². The molecule has 0 radical (unpaired) electrons. The van der Waals surface area contributed by atoms with Crippen LogP contribution in [-0.4, -0.2) is 20.1 Å². The van der Waals surface area contributed by atoms with Crippen LogP contribution in [0.2, 0.25) is 0 Å². The molecule has 0 saturated carbocycles. The zero-order valence-corrected chi connectivity index (χ0v) is 12.3. The second-order valence-corrected chi connectivity index (χ2v) is 6.24. The zero-order chi connectivity index (χ0) is 15.6. The highest BCUT2D eigenvalue weighted by molar-refractivity contribution is 7.89. The maximum absolute atomic E-state index is 13.4. The predicted molar refractivity (Wildman–Crippen MR) is 71.2 cm³/mol. The molecule has 2 rings (SSSR count). The van der Waals surface area contributed by atoms with Gasteiger partial charge in [-0.2, -0.15) is 0 Å². The lowest BCUT2D eigenvalue weighted by Crippen LogP contribution is -2.27. The average molecular weight is 316 g/mol. The normalized spacial score (nSPS) is 11.8. The minimum absolute atomic E-state index is 0.0120. The van der Waals surface area contributed by atoms with Crippen molar-refractivity contribution in [1.29, 1.82) is 0 Å². The molecule has 1 aromatic heterocycles. The first-order valence-electron chi connectivity index (χ1n) is 6.17. The van der Waals surface area contributed by atoms with Gasteiger partial charge in [-0.05, 0) is 31.9 Å². The van der Waals surface area contributed by atoms with Crippen molar-refractivity contribution >= 4 is 10.0 Å². The molecule has 1 aromatic carbocycles. The molecule has 0 aliphatic carbocycles. The number of benzene rings is 1. The van der Waals surface area contributed by atoms with Gasteiger partial charge in [0.1, 0.15) is 22.2 Å². The Morgan fingerprint density at radius 1 is 1.29 bits per heavy atom. The molecule has 0 fully saturated rings. The molecule has 8 heteroatoms. The van der Waals surface area contributed by atoms with Crippen LogP contribution >= 0.6 is 0 Å². The SMILES string of the molecule is Cc1noc(C)c1S(=O)(=O)NCCc1ccc(F)cc1F.